The van der Waals surface area contributed by atoms with Gasteiger partial charge < -0.3 is 10.5 Å². The summed E-state index contributed by atoms with van der Waals surface area (Å²) >= 11 is 0. The second kappa shape index (κ2) is 7.13. The molecule has 2 aromatic carbocycles. The Kier molecular flexibility index (Phi) is 4.75. The molecule has 5 nitrogen and oxygen atoms in total. The Morgan fingerprint density at radius 1 is 1.04 bits per heavy atom. The zero-order valence-electron chi connectivity index (χ0n) is 13.9. The summed E-state index contributed by atoms with van der Waals surface area (Å²) in [5, 5.41) is 0. The summed E-state index contributed by atoms with van der Waals surface area (Å²) in [5.41, 5.74) is 7.14. The number of benzene rings is 2. The lowest BCUT2D eigenvalue weighted by atomic mass is 9.70. The molecule has 25 heavy (non-hydrogen) atoms. The van der Waals surface area contributed by atoms with E-state index in [4.69, 9.17) is 10.5 Å². The number of rotatable bonds is 6. The number of methoxy groups -OCH3 is 1. The first-order valence-electron chi connectivity index (χ1n) is 7.91. The first-order valence-corrected chi connectivity index (χ1v) is 7.91. The molecule has 0 bridgehead atoms. The number of hydrogen-bond donors (Lipinski definition) is 1. The van der Waals surface area contributed by atoms with Crippen molar-refractivity contribution in [3.05, 3.63) is 90.0 Å². The van der Waals surface area contributed by atoms with Gasteiger partial charge in [0.25, 0.3) is 0 Å². The van der Waals surface area contributed by atoms with Crippen molar-refractivity contribution < 1.29 is 9.53 Å². The summed E-state index contributed by atoms with van der Waals surface area (Å²) < 4.78 is 5.51. The van der Waals surface area contributed by atoms with E-state index in [1.54, 1.807) is 19.5 Å². The molecular formula is C20H19N3O2. The maximum absolute atomic E-state index is 12.8. The molecule has 3 aromatic rings. The Morgan fingerprint density at radius 2 is 1.68 bits per heavy atom. The minimum Gasteiger partial charge on any atom is -0.496 e. The fourth-order valence-corrected chi connectivity index (χ4v) is 3.13. The SMILES string of the molecule is COc1ccccc1C(Cc1ccccc1)(C(N)=O)c1cncnc1. The van der Waals surface area contributed by atoms with Crippen molar-refractivity contribution in [1.29, 1.82) is 0 Å². The molecule has 1 unspecified atom stereocenters. The zero-order chi connectivity index (χ0) is 17.7. The number of amides is 1. The van der Waals surface area contributed by atoms with Crippen LogP contribution in [0.25, 0.3) is 0 Å². The standard InChI is InChI=1S/C20H19N3O2/c1-25-18-10-6-5-9-17(18)20(19(21)24,16-12-22-14-23-13-16)11-15-7-3-2-4-8-15/h2-10,12-14H,11H2,1H3,(H2,21,24). The molecule has 0 saturated heterocycles. The Labute approximate surface area is 146 Å². The van der Waals surface area contributed by atoms with Gasteiger partial charge in [-0.05, 0) is 18.1 Å². The molecule has 126 valence electrons. The van der Waals surface area contributed by atoms with Gasteiger partial charge in [0.1, 0.15) is 17.5 Å². The van der Waals surface area contributed by atoms with Crippen molar-refractivity contribution in [2.75, 3.05) is 7.11 Å². The maximum atomic E-state index is 12.8. The van der Waals surface area contributed by atoms with Crippen LogP contribution in [0.3, 0.4) is 0 Å². The lowest BCUT2D eigenvalue weighted by Crippen LogP contribution is -2.44. The van der Waals surface area contributed by atoms with Gasteiger partial charge in [-0.3, -0.25) is 4.79 Å². The van der Waals surface area contributed by atoms with Crippen LogP contribution in [0.4, 0.5) is 0 Å². The van der Waals surface area contributed by atoms with Gasteiger partial charge in [-0.1, -0.05) is 48.5 Å². The van der Waals surface area contributed by atoms with Crippen molar-refractivity contribution in [2.45, 2.75) is 11.8 Å². The zero-order valence-corrected chi connectivity index (χ0v) is 13.9. The highest BCUT2D eigenvalue weighted by molar-refractivity contribution is 5.92. The first-order chi connectivity index (χ1) is 12.2. The highest BCUT2D eigenvalue weighted by Crippen LogP contribution is 2.40. The lowest BCUT2D eigenvalue weighted by Gasteiger charge is -2.32. The topological polar surface area (TPSA) is 78.1 Å². The third-order valence-electron chi connectivity index (χ3n) is 4.35. The Morgan fingerprint density at radius 3 is 2.32 bits per heavy atom. The molecule has 1 aromatic heterocycles. The molecule has 5 heteroatoms. The maximum Gasteiger partial charge on any atom is 0.233 e. The summed E-state index contributed by atoms with van der Waals surface area (Å²) in [6, 6.07) is 17.2. The van der Waals surface area contributed by atoms with E-state index < -0.39 is 11.3 Å². The van der Waals surface area contributed by atoms with E-state index in [1.165, 1.54) is 6.33 Å². The van der Waals surface area contributed by atoms with Crippen LogP contribution >= 0.6 is 0 Å². The monoisotopic (exact) mass is 333 g/mol. The molecule has 2 N–H and O–H groups in total. The molecule has 1 amide bonds. The number of carbonyl (C=O) groups excluding carboxylic acids is 1. The van der Waals surface area contributed by atoms with E-state index in [9.17, 15) is 4.79 Å². The third kappa shape index (κ3) is 3.08. The quantitative estimate of drug-likeness (QED) is 0.752. The Balaban J connectivity index is 2.28. The van der Waals surface area contributed by atoms with Crippen LogP contribution in [-0.2, 0) is 16.6 Å². The second-order valence-electron chi connectivity index (χ2n) is 5.76. The summed E-state index contributed by atoms with van der Waals surface area (Å²) in [6.07, 6.45) is 5.08. The molecule has 1 heterocycles. The van der Waals surface area contributed by atoms with E-state index >= 15 is 0 Å². The van der Waals surface area contributed by atoms with Crippen LogP contribution in [0.2, 0.25) is 0 Å². The van der Waals surface area contributed by atoms with Crippen LogP contribution in [0.5, 0.6) is 5.75 Å². The van der Waals surface area contributed by atoms with Gasteiger partial charge >= 0.3 is 0 Å². The number of para-hydroxylation sites is 1. The van der Waals surface area contributed by atoms with Crippen molar-refractivity contribution in [3.63, 3.8) is 0 Å². The van der Waals surface area contributed by atoms with Gasteiger partial charge in [-0.2, -0.15) is 0 Å². The normalized spacial score (nSPS) is 13.0. The molecule has 0 aliphatic heterocycles. The van der Waals surface area contributed by atoms with E-state index in [2.05, 4.69) is 9.97 Å². The lowest BCUT2D eigenvalue weighted by molar-refractivity contribution is -0.122. The molecular weight excluding hydrogens is 314 g/mol. The third-order valence-corrected chi connectivity index (χ3v) is 4.35. The van der Waals surface area contributed by atoms with E-state index in [0.717, 1.165) is 5.56 Å². The molecule has 0 aliphatic rings. The fourth-order valence-electron chi connectivity index (χ4n) is 3.13. The molecule has 0 spiro atoms. The Hall–Kier alpha value is -3.21. The van der Waals surface area contributed by atoms with Crippen LogP contribution in [0.15, 0.2) is 73.3 Å². The van der Waals surface area contributed by atoms with E-state index in [-0.39, 0.29) is 0 Å². The fraction of sp³-hybridized carbons (Fsp3) is 0.150. The van der Waals surface area contributed by atoms with Crippen LogP contribution in [-0.4, -0.2) is 23.0 Å². The number of primary amides is 1. The predicted octanol–water partition coefficient (Wildman–Crippen LogP) is 2.50. The van der Waals surface area contributed by atoms with Crippen molar-refractivity contribution in [2.24, 2.45) is 5.73 Å². The van der Waals surface area contributed by atoms with Crippen molar-refractivity contribution in [3.8, 4) is 5.75 Å². The molecule has 0 saturated carbocycles. The first kappa shape index (κ1) is 16.6. The molecule has 0 aliphatic carbocycles. The highest BCUT2D eigenvalue weighted by Gasteiger charge is 2.43. The smallest absolute Gasteiger partial charge is 0.233 e. The number of carbonyl (C=O) groups is 1. The summed E-state index contributed by atoms with van der Waals surface area (Å²) in [7, 11) is 1.58. The molecule has 0 fully saturated rings. The van der Waals surface area contributed by atoms with Gasteiger partial charge in [0.15, 0.2) is 0 Å². The Bertz CT molecular complexity index is 853. The van der Waals surface area contributed by atoms with Gasteiger partial charge in [-0.25, -0.2) is 9.97 Å². The van der Waals surface area contributed by atoms with E-state index in [0.29, 0.717) is 23.3 Å². The van der Waals surface area contributed by atoms with Gasteiger partial charge in [-0.15, -0.1) is 0 Å². The average molecular weight is 333 g/mol. The largest absolute Gasteiger partial charge is 0.496 e. The van der Waals surface area contributed by atoms with Gasteiger partial charge in [0, 0.05) is 23.5 Å². The summed E-state index contributed by atoms with van der Waals surface area (Å²) in [4.78, 5) is 21.0. The average Bonchev–Trinajstić information content (AvgIpc) is 2.67. The van der Waals surface area contributed by atoms with Gasteiger partial charge in [0.2, 0.25) is 5.91 Å². The molecule has 3 rings (SSSR count). The number of nitrogens with two attached hydrogens (primary N) is 1. The van der Waals surface area contributed by atoms with Gasteiger partial charge in [0.05, 0.1) is 7.11 Å². The van der Waals surface area contributed by atoms with Crippen LogP contribution in [0, 0.1) is 0 Å². The van der Waals surface area contributed by atoms with Crippen LogP contribution < -0.4 is 10.5 Å². The molecule has 0 radical (unpaired) electrons. The summed E-state index contributed by atoms with van der Waals surface area (Å²) in [5.74, 6) is 0.122. The predicted molar refractivity (Wildman–Crippen MR) is 95.1 cm³/mol. The van der Waals surface area contributed by atoms with E-state index in [1.807, 2.05) is 54.6 Å². The van der Waals surface area contributed by atoms with Crippen molar-refractivity contribution >= 4 is 5.91 Å². The molecule has 1 atom stereocenters. The highest BCUT2D eigenvalue weighted by atomic mass is 16.5. The number of nitrogens with zero attached hydrogens (tertiary/aromatic N) is 2. The number of aromatic nitrogens is 2. The minimum absolute atomic E-state index is 0.386. The number of hydrogen-bond acceptors (Lipinski definition) is 4. The number of ether oxygens (including phenoxy) is 1. The summed E-state index contributed by atoms with van der Waals surface area (Å²) in [6.45, 7) is 0. The minimum atomic E-state index is -1.13. The second-order valence-corrected chi connectivity index (χ2v) is 5.76. The van der Waals surface area contributed by atoms with Crippen molar-refractivity contribution in [1.82, 2.24) is 9.97 Å². The van der Waals surface area contributed by atoms with Crippen LogP contribution in [0.1, 0.15) is 16.7 Å².